The summed E-state index contributed by atoms with van der Waals surface area (Å²) in [6.07, 6.45) is 5.41. The van der Waals surface area contributed by atoms with E-state index < -0.39 is 0 Å². The van der Waals surface area contributed by atoms with Gasteiger partial charge in [0.15, 0.2) is 5.75 Å². The molecular weight excluding hydrogens is 384 g/mol. The molecule has 3 atom stereocenters. The SMILES string of the molecule is COc1ccc([C@@H]2Nc3ccc(Br)cc3[C@@H]3C=CC[C@H]32)cc1[N+](=O)[O-]. The maximum atomic E-state index is 11.4. The number of ether oxygens (including phenoxy) is 1. The van der Waals surface area contributed by atoms with Crippen molar-refractivity contribution in [2.24, 2.45) is 5.92 Å². The number of nitro groups is 1. The van der Waals surface area contributed by atoms with Crippen molar-refractivity contribution >= 4 is 27.3 Å². The van der Waals surface area contributed by atoms with E-state index in [9.17, 15) is 10.1 Å². The first kappa shape index (κ1) is 16.1. The highest BCUT2D eigenvalue weighted by Crippen LogP contribution is 2.50. The van der Waals surface area contributed by atoms with Crippen molar-refractivity contribution < 1.29 is 9.66 Å². The van der Waals surface area contributed by atoms with Gasteiger partial charge in [-0.05, 0) is 47.7 Å². The zero-order valence-electron chi connectivity index (χ0n) is 13.6. The third-order valence-corrected chi connectivity index (χ3v) is 5.58. The number of nitrogens with zero attached hydrogens (tertiary/aromatic N) is 1. The molecule has 4 rings (SSSR count). The van der Waals surface area contributed by atoms with E-state index in [0.717, 1.165) is 22.1 Å². The van der Waals surface area contributed by atoms with E-state index in [-0.39, 0.29) is 22.4 Å². The van der Waals surface area contributed by atoms with Crippen molar-refractivity contribution in [2.45, 2.75) is 18.4 Å². The van der Waals surface area contributed by atoms with Crippen LogP contribution < -0.4 is 10.1 Å². The summed E-state index contributed by atoms with van der Waals surface area (Å²) in [5, 5.41) is 15.0. The number of rotatable bonds is 3. The summed E-state index contributed by atoms with van der Waals surface area (Å²) in [7, 11) is 1.45. The fourth-order valence-corrected chi connectivity index (χ4v) is 4.32. The van der Waals surface area contributed by atoms with Gasteiger partial charge in [-0.15, -0.1) is 0 Å². The minimum Gasteiger partial charge on any atom is -0.490 e. The number of anilines is 1. The Hall–Kier alpha value is -2.34. The molecule has 1 aliphatic heterocycles. The standard InChI is InChI=1S/C19H17BrN2O3/c1-25-18-8-5-11(9-17(18)22(23)24)19-14-4-2-3-13(14)15-10-12(20)6-7-16(15)21-19/h2-3,5-10,13-14,19,21H,4H2,1H3/t13-,14-,19+/m1/s1. The van der Waals surface area contributed by atoms with Gasteiger partial charge in [-0.3, -0.25) is 10.1 Å². The van der Waals surface area contributed by atoms with Gasteiger partial charge in [-0.2, -0.15) is 0 Å². The molecular formula is C19H17BrN2O3. The van der Waals surface area contributed by atoms with E-state index in [0.29, 0.717) is 11.8 Å². The Morgan fingerprint density at radius 3 is 2.88 bits per heavy atom. The molecule has 0 saturated heterocycles. The van der Waals surface area contributed by atoms with Crippen LogP contribution in [0.4, 0.5) is 11.4 Å². The third kappa shape index (κ3) is 2.70. The van der Waals surface area contributed by atoms with Crippen LogP contribution >= 0.6 is 15.9 Å². The zero-order valence-corrected chi connectivity index (χ0v) is 15.2. The first-order chi connectivity index (χ1) is 12.1. The predicted octanol–water partition coefficient (Wildman–Crippen LogP) is 5.19. The van der Waals surface area contributed by atoms with Crippen LogP contribution in [-0.2, 0) is 0 Å². The quantitative estimate of drug-likeness (QED) is 0.437. The molecule has 0 saturated carbocycles. The Labute approximate surface area is 154 Å². The van der Waals surface area contributed by atoms with Gasteiger partial charge in [-0.1, -0.05) is 34.1 Å². The Bertz CT molecular complexity index is 881. The minimum absolute atomic E-state index is 0.00547. The van der Waals surface area contributed by atoms with Crippen molar-refractivity contribution in [3.05, 3.63) is 74.3 Å². The van der Waals surface area contributed by atoms with Crippen molar-refractivity contribution in [2.75, 3.05) is 12.4 Å². The zero-order chi connectivity index (χ0) is 17.6. The topological polar surface area (TPSA) is 64.4 Å². The monoisotopic (exact) mass is 400 g/mol. The summed E-state index contributed by atoms with van der Waals surface area (Å²) in [6, 6.07) is 11.5. The molecule has 5 nitrogen and oxygen atoms in total. The van der Waals surface area contributed by atoms with Crippen LogP contribution in [0.3, 0.4) is 0 Å². The smallest absolute Gasteiger partial charge is 0.311 e. The number of nitro benzene ring substituents is 1. The van der Waals surface area contributed by atoms with Crippen molar-refractivity contribution in [1.82, 2.24) is 0 Å². The molecule has 1 aliphatic carbocycles. The summed E-state index contributed by atoms with van der Waals surface area (Å²) in [4.78, 5) is 11.0. The maximum absolute atomic E-state index is 11.4. The molecule has 0 unspecified atom stereocenters. The molecule has 25 heavy (non-hydrogen) atoms. The largest absolute Gasteiger partial charge is 0.490 e. The molecule has 128 valence electrons. The predicted molar refractivity (Wildman–Crippen MR) is 100 cm³/mol. The molecule has 2 aromatic carbocycles. The second kappa shape index (κ2) is 6.19. The summed E-state index contributed by atoms with van der Waals surface area (Å²) >= 11 is 3.55. The lowest BCUT2D eigenvalue weighted by atomic mass is 9.77. The minimum atomic E-state index is -0.388. The van der Waals surface area contributed by atoms with Gasteiger partial charge in [0.05, 0.1) is 18.1 Å². The van der Waals surface area contributed by atoms with Gasteiger partial charge in [0.2, 0.25) is 0 Å². The molecule has 0 aromatic heterocycles. The first-order valence-corrected chi connectivity index (χ1v) is 8.93. The number of benzene rings is 2. The number of nitrogens with one attached hydrogen (secondary N) is 1. The van der Waals surface area contributed by atoms with Crippen LogP contribution in [0.1, 0.15) is 29.5 Å². The van der Waals surface area contributed by atoms with Gasteiger partial charge in [0, 0.05) is 22.1 Å². The number of methoxy groups -OCH3 is 1. The first-order valence-electron chi connectivity index (χ1n) is 8.13. The van der Waals surface area contributed by atoms with Gasteiger partial charge in [-0.25, -0.2) is 0 Å². The molecule has 0 bridgehead atoms. The molecule has 0 spiro atoms. The lowest BCUT2D eigenvalue weighted by molar-refractivity contribution is -0.385. The Morgan fingerprint density at radius 2 is 2.12 bits per heavy atom. The number of hydrogen-bond donors (Lipinski definition) is 1. The highest BCUT2D eigenvalue weighted by Gasteiger charge is 2.38. The Balaban J connectivity index is 1.78. The number of halogens is 1. The van der Waals surface area contributed by atoms with Crippen molar-refractivity contribution in [3.63, 3.8) is 0 Å². The molecule has 6 heteroatoms. The molecule has 1 N–H and O–H groups in total. The Kier molecular flexibility index (Phi) is 4.00. The highest BCUT2D eigenvalue weighted by molar-refractivity contribution is 9.10. The van der Waals surface area contributed by atoms with Crippen molar-refractivity contribution in [3.8, 4) is 5.75 Å². The maximum Gasteiger partial charge on any atom is 0.311 e. The normalized spacial score (nSPS) is 23.5. The van der Waals surface area contributed by atoms with E-state index in [1.165, 1.54) is 12.7 Å². The Morgan fingerprint density at radius 1 is 1.28 bits per heavy atom. The van der Waals surface area contributed by atoms with Crippen LogP contribution in [0, 0.1) is 16.0 Å². The molecule has 0 fully saturated rings. The highest BCUT2D eigenvalue weighted by atomic mass is 79.9. The van der Waals surface area contributed by atoms with E-state index >= 15 is 0 Å². The van der Waals surface area contributed by atoms with E-state index in [2.05, 4.69) is 45.5 Å². The lowest BCUT2D eigenvalue weighted by Crippen LogP contribution is -2.29. The summed E-state index contributed by atoms with van der Waals surface area (Å²) in [5.74, 6) is 0.949. The molecule has 0 radical (unpaired) electrons. The second-order valence-electron chi connectivity index (χ2n) is 6.40. The summed E-state index contributed by atoms with van der Waals surface area (Å²) < 4.78 is 6.19. The molecule has 2 aromatic rings. The number of hydrogen-bond acceptors (Lipinski definition) is 4. The summed E-state index contributed by atoms with van der Waals surface area (Å²) in [5.41, 5.74) is 3.28. The number of fused-ring (bicyclic) bond motifs is 3. The van der Waals surface area contributed by atoms with Crippen LogP contribution in [0.2, 0.25) is 0 Å². The summed E-state index contributed by atoms with van der Waals surface area (Å²) in [6.45, 7) is 0. The average Bonchev–Trinajstić information content (AvgIpc) is 3.10. The van der Waals surface area contributed by atoms with Crippen LogP contribution in [0.15, 0.2) is 53.0 Å². The van der Waals surface area contributed by atoms with E-state index in [1.54, 1.807) is 12.1 Å². The van der Waals surface area contributed by atoms with E-state index in [1.807, 2.05) is 12.1 Å². The molecule has 2 aliphatic rings. The van der Waals surface area contributed by atoms with Crippen LogP contribution in [-0.4, -0.2) is 12.0 Å². The third-order valence-electron chi connectivity index (χ3n) is 5.08. The van der Waals surface area contributed by atoms with Crippen molar-refractivity contribution in [1.29, 1.82) is 0 Å². The van der Waals surface area contributed by atoms with Gasteiger partial charge >= 0.3 is 5.69 Å². The van der Waals surface area contributed by atoms with E-state index in [4.69, 9.17) is 4.74 Å². The molecule has 0 amide bonds. The van der Waals surface area contributed by atoms with Gasteiger partial charge in [0.1, 0.15) is 0 Å². The van der Waals surface area contributed by atoms with Gasteiger partial charge < -0.3 is 10.1 Å². The van der Waals surface area contributed by atoms with Gasteiger partial charge in [0.25, 0.3) is 0 Å². The fraction of sp³-hybridized carbons (Fsp3) is 0.263. The lowest BCUT2D eigenvalue weighted by Gasteiger charge is -2.37. The average molecular weight is 401 g/mol. The fourth-order valence-electron chi connectivity index (χ4n) is 3.94. The van der Waals surface area contributed by atoms with Crippen LogP contribution in [0.25, 0.3) is 0 Å². The van der Waals surface area contributed by atoms with Crippen LogP contribution in [0.5, 0.6) is 5.75 Å². The molecule has 1 heterocycles. The number of allylic oxidation sites excluding steroid dienone is 2. The second-order valence-corrected chi connectivity index (χ2v) is 7.31.